The average molecular weight is 864 g/mol. The van der Waals surface area contributed by atoms with E-state index in [1.807, 2.05) is 6.07 Å². The number of urea groups is 1. The minimum Gasteiger partial charge on any atom is -0.489 e. The quantitative estimate of drug-likeness (QED) is 0.0631. The first-order chi connectivity index (χ1) is 30.7. The molecule has 2 aliphatic rings. The normalized spacial score (nSPS) is 14.7. The van der Waals surface area contributed by atoms with Gasteiger partial charge in [-0.2, -0.15) is 10.5 Å². The van der Waals surface area contributed by atoms with Crippen molar-refractivity contribution in [1.29, 1.82) is 10.5 Å². The molecule has 3 aromatic heterocycles. The lowest BCUT2D eigenvalue weighted by atomic mass is 10.0. The lowest BCUT2D eigenvalue weighted by molar-refractivity contribution is 0.0758. The molecule has 4 aromatic carbocycles. The van der Waals surface area contributed by atoms with Crippen LogP contribution in [-0.2, 0) is 4.74 Å². The van der Waals surface area contributed by atoms with Crippen molar-refractivity contribution in [2.45, 2.75) is 25.0 Å². The molecule has 17 heteroatoms. The number of nitrogens with two attached hydrogens (primary N) is 1. The van der Waals surface area contributed by atoms with E-state index in [2.05, 4.69) is 42.6 Å². The van der Waals surface area contributed by atoms with Gasteiger partial charge < -0.3 is 44.7 Å². The number of aliphatic hydroxyl groups is 1. The van der Waals surface area contributed by atoms with Crippen molar-refractivity contribution < 1.29 is 33.6 Å². The maximum absolute atomic E-state index is 12.1. The van der Waals surface area contributed by atoms with Gasteiger partial charge in [-0.3, -0.25) is 10.3 Å². The summed E-state index contributed by atoms with van der Waals surface area (Å²) in [6.07, 6.45) is 4.86. The number of aromatic nitrogens is 3. The van der Waals surface area contributed by atoms with Crippen molar-refractivity contribution in [3.63, 3.8) is 0 Å². The third kappa shape index (κ3) is 10.7. The molecule has 5 N–H and O–H groups in total. The van der Waals surface area contributed by atoms with E-state index in [-0.39, 0.29) is 18.7 Å². The van der Waals surface area contributed by atoms with Gasteiger partial charge in [0, 0.05) is 64.2 Å². The summed E-state index contributed by atoms with van der Waals surface area (Å²) in [4.78, 5) is 27.2. The average Bonchev–Trinajstić information content (AvgIpc) is 3.77. The van der Waals surface area contributed by atoms with Crippen molar-refractivity contribution in [2.75, 3.05) is 56.3 Å². The van der Waals surface area contributed by atoms with Gasteiger partial charge >= 0.3 is 6.03 Å². The maximum atomic E-state index is 12.1. The van der Waals surface area contributed by atoms with Gasteiger partial charge in [0.05, 0.1) is 41.9 Å². The van der Waals surface area contributed by atoms with E-state index in [9.17, 15) is 20.4 Å². The second-order valence-electron chi connectivity index (χ2n) is 14.5. The van der Waals surface area contributed by atoms with Gasteiger partial charge in [-0.05, 0) is 98.7 Å². The summed E-state index contributed by atoms with van der Waals surface area (Å²) in [5.74, 6) is 3.08. The number of benzene rings is 4. The van der Waals surface area contributed by atoms with Crippen LogP contribution in [0.2, 0.25) is 0 Å². The van der Waals surface area contributed by atoms with Gasteiger partial charge in [-0.15, -0.1) is 11.3 Å². The number of carbonyl (C=O) groups excluding carboxylic acids is 1. The zero-order valence-electron chi connectivity index (χ0n) is 34.0. The summed E-state index contributed by atoms with van der Waals surface area (Å²) in [6, 6.07) is 28.4. The fraction of sp³-hybridized carbons (Fsp3) is 0.217. The number of anilines is 3. The number of epoxide rings is 1. The number of hydrogen-bond acceptors (Lipinski definition) is 15. The molecule has 0 spiro atoms. The lowest BCUT2D eigenvalue weighted by Crippen LogP contribution is -2.33. The van der Waals surface area contributed by atoms with Gasteiger partial charge in [-0.1, -0.05) is 0 Å². The summed E-state index contributed by atoms with van der Waals surface area (Å²) in [7, 11) is 1.55. The molecule has 5 heterocycles. The zero-order chi connectivity index (χ0) is 43.7. The van der Waals surface area contributed by atoms with E-state index < -0.39 is 6.10 Å². The molecule has 0 saturated carbocycles. The molecular weight excluding hydrogens is 823 g/mol. The Kier molecular flexibility index (Phi) is 13.0. The largest absolute Gasteiger partial charge is 0.489 e. The number of hydrogen-bond donors (Lipinski definition) is 4. The Morgan fingerprint density at radius 3 is 2.27 bits per heavy atom. The predicted octanol–water partition coefficient (Wildman–Crippen LogP) is 8.40. The van der Waals surface area contributed by atoms with Gasteiger partial charge in [0.2, 0.25) is 5.88 Å². The van der Waals surface area contributed by atoms with Crippen LogP contribution in [0.4, 0.5) is 21.3 Å². The first kappa shape index (κ1) is 42.2. The number of nitrogens with one attached hydrogen (secondary N) is 2. The number of pyridine rings is 2. The molecule has 0 unspecified atom stereocenters. The second-order valence-corrected chi connectivity index (χ2v) is 15.4. The van der Waals surface area contributed by atoms with Crippen LogP contribution in [0.25, 0.3) is 21.8 Å². The van der Waals surface area contributed by atoms with E-state index in [0.29, 0.717) is 91.8 Å². The van der Waals surface area contributed by atoms with Crippen LogP contribution in [0.1, 0.15) is 35.6 Å². The minimum atomic E-state index is -0.645. The topological polar surface area (TPSA) is 226 Å². The number of nitriles is 2. The number of rotatable bonds is 13. The Labute approximate surface area is 366 Å². The molecule has 2 amide bonds. The number of methoxy groups -OCH3 is 1. The molecular formula is C46H41N9O7S. The van der Waals surface area contributed by atoms with Crippen molar-refractivity contribution in [3.05, 3.63) is 119 Å². The van der Waals surface area contributed by atoms with Crippen LogP contribution in [0.15, 0.2) is 103 Å². The molecule has 318 valence electrons. The Morgan fingerprint density at radius 1 is 0.889 bits per heavy atom. The molecule has 2 aliphatic heterocycles. The third-order valence-electron chi connectivity index (χ3n) is 10.1. The molecule has 7 aromatic rings. The Hall–Kier alpha value is -7.54. The number of amides is 2. The number of likely N-dealkylation sites (tertiary alicyclic amines) is 1. The summed E-state index contributed by atoms with van der Waals surface area (Å²) in [5.41, 5.74) is 9.98. The molecule has 0 radical (unpaired) electrons. The van der Waals surface area contributed by atoms with Gasteiger partial charge in [0.25, 0.3) is 0 Å². The van der Waals surface area contributed by atoms with E-state index in [1.54, 1.807) is 104 Å². The first-order valence-corrected chi connectivity index (χ1v) is 20.8. The fourth-order valence-corrected chi connectivity index (χ4v) is 7.43. The van der Waals surface area contributed by atoms with E-state index in [0.717, 1.165) is 36.9 Å². The number of β-amino-alcohol motifs (C(OH)–C–C–N with tert-alkyl or cyclic N) is 1. The van der Waals surface area contributed by atoms with Crippen LogP contribution in [-0.4, -0.2) is 77.1 Å². The highest BCUT2D eigenvalue weighted by atomic mass is 32.1. The predicted molar refractivity (Wildman–Crippen MR) is 238 cm³/mol. The number of nitrogens with zero attached hydrogens (tertiary/aromatic N) is 6. The molecule has 63 heavy (non-hydrogen) atoms. The monoisotopic (exact) mass is 863 g/mol. The summed E-state index contributed by atoms with van der Waals surface area (Å²) in [6.45, 7) is 3.25. The van der Waals surface area contributed by atoms with Crippen molar-refractivity contribution in [3.8, 4) is 46.8 Å². The molecule has 0 bridgehead atoms. The SMILES string of the molecule is COc1cc(Oc2ccc(N)cc2)c2cc(C#N)c([C@@H]3CO3)cc2n1.N#Cc1cc2c(Oc3ccc(NC(=O)Nc4nccs4)cc3)ccnc2cc1OC[C@H](O)CN1CCCC1. The third-order valence-corrected chi connectivity index (χ3v) is 10.7. The highest BCUT2D eigenvalue weighted by Gasteiger charge is 2.29. The smallest absolute Gasteiger partial charge is 0.325 e. The number of ether oxygens (including phenoxy) is 5. The Morgan fingerprint density at radius 2 is 1.59 bits per heavy atom. The summed E-state index contributed by atoms with van der Waals surface area (Å²) in [5, 5.41) is 38.6. The van der Waals surface area contributed by atoms with Crippen LogP contribution in [0.5, 0.6) is 34.6 Å². The summed E-state index contributed by atoms with van der Waals surface area (Å²) >= 11 is 1.33. The highest BCUT2D eigenvalue weighted by molar-refractivity contribution is 7.13. The number of fused-ring (bicyclic) bond motifs is 2. The maximum Gasteiger partial charge on any atom is 0.325 e. The number of carbonyl (C=O) groups is 1. The second kappa shape index (κ2) is 19.4. The summed E-state index contributed by atoms with van der Waals surface area (Å²) < 4.78 is 28.5. The first-order valence-electron chi connectivity index (χ1n) is 19.9. The molecule has 2 fully saturated rings. The number of thiazole rings is 1. The van der Waals surface area contributed by atoms with Crippen molar-refractivity contribution in [2.24, 2.45) is 0 Å². The van der Waals surface area contributed by atoms with E-state index in [4.69, 9.17) is 29.4 Å². The number of nitrogen functional groups attached to an aromatic ring is 1. The van der Waals surface area contributed by atoms with E-state index >= 15 is 0 Å². The van der Waals surface area contributed by atoms with Gasteiger partial charge in [0.1, 0.15) is 53.6 Å². The Balaban J connectivity index is 0.000000188. The molecule has 2 atom stereocenters. The van der Waals surface area contributed by atoms with Crippen LogP contribution in [0, 0.1) is 22.7 Å². The fourth-order valence-electron chi connectivity index (χ4n) is 6.90. The standard InChI is InChI=1S/C27H26N6O4S.C19H15N3O3/c28-15-18-13-22-23(14-25(18)36-17-20(34)16-33-10-1-2-11-33)29-8-7-24(22)37-21-5-3-19(4-6-21)31-26(35)32-27-30-9-12-38-27;1-23-19-8-17(25-13-4-2-12(21)3-5-13)15-6-11(9-20)14(18-10-24-18)7-16(15)22-19/h3-9,12-14,20,34H,1-2,10-11,16-17H2,(H2,30,31,32,35);2-8,18H,10,21H2,1H3/t20-;18-/m10/s1. The van der Waals surface area contributed by atoms with Crippen molar-refractivity contribution in [1.82, 2.24) is 19.9 Å². The zero-order valence-corrected chi connectivity index (χ0v) is 34.8. The van der Waals surface area contributed by atoms with Crippen LogP contribution in [0.3, 0.4) is 0 Å². The van der Waals surface area contributed by atoms with Crippen molar-refractivity contribution >= 4 is 55.7 Å². The van der Waals surface area contributed by atoms with Gasteiger partial charge in [0.15, 0.2) is 5.13 Å². The van der Waals surface area contributed by atoms with Crippen LogP contribution >= 0.6 is 11.3 Å². The lowest BCUT2D eigenvalue weighted by Gasteiger charge is -2.20. The Bertz CT molecular complexity index is 2800. The minimum absolute atomic E-state index is 0.0338. The van der Waals surface area contributed by atoms with E-state index in [1.165, 1.54) is 11.3 Å². The molecule has 2 saturated heterocycles. The number of aliphatic hydroxyl groups excluding tert-OH is 1. The van der Waals surface area contributed by atoms with Gasteiger partial charge in [-0.25, -0.2) is 14.8 Å². The van der Waals surface area contributed by atoms with Crippen LogP contribution < -0.4 is 35.3 Å². The molecule has 9 rings (SSSR count). The highest BCUT2D eigenvalue weighted by Crippen LogP contribution is 2.39. The molecule has 16 nitrogen and oxygen atoms in total. The molecule has 0 aliphatic carbocycles.